The molecule has 0 spiro atoms. The van der Waals surface area contributed by atoms with Crippen molar-refractivity contribution in [2.24, 2.45) is 23.7 Å². The van der Waals surface area contributed by atoms with Gasteiger partial charge in [0.1, 0.15) is 0 Å². The zero-order valence-electron chi connectivity index (χ0n) is 12.2. The number of nitrogens with one attached hydrogen (secondary N) is 1. The summed E-state index contributed by atoms with van der Waals surface area (Å²) in [5.41, 5.74) is 0. The lowest BCUT2D eigenvalue weighted by Gasteiger charge is -2.28. The first kappa shape index (κ1) is 13.0. The molecule has 3 unspecified atom stereocenters. The zero-order chi connectivity index (χ0) is 12.4. The summed E-state index contributed by atoms with van der Waals surface area (Å²) in [6.45, 7) is 3.77. The van der Waals surface area contributed by atoms with E-state index < -0.39 is 0 Å². The molecule has 4 atom stereocenters. The Kier molecular flexibility index (Phi) is 4.28. The van der Waals surface area contributed by atoms with Gasteiger partial charge < -0.3 is 5.32 Å². The van der Waals surface area contributed by atoms with Crippen LogP contribution in [0.3, 0.4) is 0 Å². The zero-order valence-corrected chi connectivity index (χ0v) is 12.2. The van der Waals surface area contributed by atoms with Crippen LogP contribution in [0.5, 0.6) is 0 Å². The molecule has 0 amide bonds. The Morgan fingerprint density at radius 2 is 1.72 bits per heavy atom. The van der Waals surface area contributed by atoms with E-state index >= 15 is 0 Å². The topological polar surface area (TPSA) is 12.0 Å². The van der Waals surface area contributed by atoms with E-state index in [4.69, 9.17) is 0 Å². The number of hydrogen-bond donors (Lipinski definition) is 1. The van der Waals surface area contributed by atoms with Gasteiger partial charge in [-0.05, 0) is 69.2 Å². The van der Waals surface area contributed by atoms with E-state index in [9.17, 15) is 0 Å². The maximum atomic E-state index is 3.91. The summed E-state index contributed by atoms with van der Waals surface area (Å²) in [6.07, 6.45) is 15.0. The number of rotatable bonds is 4. The summed E-state index contributed by atoms with van der Waals surface area (Å²) >= 11 is 0. The minimum atomic E-state index is 0.766. The molecule has 3 aliphatic rings. The highest BCUT2D eigenvalue weighted by molar-refractivity contribution is 4.91. The summed E-state index contributed by atoms with van der Waals surface area (Å²) in [6, 6.07) is 0.766. The standard InChI is InChI=1S/C17H31N/c1-13(15-6-4-2-3-5-7-15)18-12-17-11-14-8-9-16(17)10-14/h13-18H,2-12H2,1H3/t13-,14?,16?,17?/m1/s1. The molecule has 3 rings (SSSR count). The van der Waals surface area contributed by atoms with Crippen molar-refractivity contribution in [2.75, 3.05) is 6.54 Å². The largest absolute Gasteiger partial charge is 0.314 e. The van der Waals surface area contributed by atoms with E-state index in [1.54, 1.807) is 12.8 Å². The molecule has 3 saturated carbocycles. The van der Waals surface area contributed by atoms with Gasteiger partial charge in [-0.25, -0.2) is 0 Å². The Hall–Kier alpha value is -0.0400. The predicted octanol–water partition coefficient (Wildman–Crippen LogP) is 4.37. The molecule has 1 N–H and O–H groups in total. The maximum absolute atomic E-state index is 3.91. The molecule has 0 aliphatic heterocycles. The van der Waals surface area contributed by atoms with Crippen LogP contribution in [0.4, 0.5) is 0 Å². The monoisotopic (exact) mass is 249 g/mol. The van der Waals surface area contributed by atoms with Gasteiger partial charge in [0.25, 0.3) is 0 Å². The Bertz CT molecular complexity index is 254. The number of hydrogen-bond acceptors (Lipinski definition) is 1. The van der Waals surface area contributed by atoms with Crippen LogP contribution in [0.1, 0.15) is 71.1 Å². The van der Waals surface area contributed by atoms with Crippen LogP contribution in [0.25, 0.3) is 0 Å². The van der Waals surface area contributed by atoms with Gasteiger partial charge in [-0.15, -0.1) is 0 Å². The van der Waals surface area contributed by atoms with E-state index in [0.29, 0.717) is 0 Å². The minimum Gasteiger partial charge on any atom is -0.314 e. The fraction of sp³-hybridized carbons (Fsp3) is 1.00. The molecule has 0 aromatic heterocycles. The van der Waals surface area contributed by atoms with Crippen LogP contribution in [0.15, 0.2) is 0 Å². The first-order valence-electron chi connectivity index (χ1n) is 8.56. The van der Waals surface area contributed by atoms with Crippen molar-refractivity contribution < 1.29 is 0 Å². The van der Waals surface area contributed by atoms with E-state index in [2.05, 4.69) is 12.2 Å². The molecule has 3 fully saturated rings. The molecule has 18 heavy (non-hydrogen) atoms. The second-order valence-electron chi connectivity index (χ2n) is 7.38. The predicted molar refractivity (Wildman–Crippen MR) is 77.6 cm³/mol. The highest BCUT2D eigenvalue weighted by Crippen LogP contribution is 2.48. The second-order valence-corrected chi connectivity index (χ2v) is 7.38. The van der Waals surface area contributed by atoms with E-state index in [1.165, 1.54) is 57.9 Å². The molecule has 0 saturated heterocycles. The molecule has 0 aromatic rings. The summed E-state index contributed by atoms with van der Waals surface area (Å²) in [7, 11) is 0. The third-order valence-corrected chi connectivity index (χ3v) is 6.19. The van der Waals surface area contributed by atoms with Gasteiger partial charge in [-0.3, -0.25) is 0 Å². The molecular formula is C17H31N. The van der Waals surface area contributed by atoms with Crippen LogP contribution < -0.4 is 5.32 Å². The first-order valence-corrected chi connectivity index (χ1v) is 8.56. The highest BCUT2D eigenvalue weighted by Gasteiger charge is 2.39. The molecule has 2 bridgehead atoms. The molecular weight excluding hydrogens is 218 g/mol. The van der Waals surface area contributed by atoms with Crippen molar-refractivity contribution in [1.29, 1.82) is 0 Å². The van der Waals surface area contributed by atoms with Crippen LogP contribution in [0.2, 0.25) is 0 Å². The lowest BCUT2D eigenvalue weighted by atomic mass is 9.87. The van der Waals surface area contributed by atoms with Crippen LogP contribution >= 0.6 is 0 Å². The van der Waals surface area contributed by atoms with Crippen LogP contribution in [0, 0.1) is 23.7 Å². The van der Waals surface area contributed by atoms with Gasteiger partial charge >= 0.3 is 0 Å². The summed E-state index contributed by atoms with van der Waals surface area (Å²) in [4.78, 5) is 0. The SMILES string of the molecule is C[C@@H](NCC1CC2CCC1C2)C1CCCCCC1. The lowest BCUT2D eigenvalue weighted by Crippen LogP contribution is -2.37. The fourth-order valence-corrected chi connectivity index (χ4v) is 4.94. The van der Waals surface area contributed by atoms with Crippen LogP contribution in [-0.4, -0.2) is 12.6 Å². The average Bonchev–Trinajstić information content (AvgIpc) is 2.89. The maximum Gasteiger partial charge on any atom is 0.00671 e. The van der Waals surface area contributed by atoms with Gasteiger partial charge in [0, 0.05) is 6.04 Å². The highest BCUT2D eigenvalue weighted by atomic mass is 14.9. The summed E-state index contributed by atoms with van der Waals surface area (Å²) in [5.74, 6) is 4.18. The van der Waals surface area contributed by atoms with Crippen molar-refractivity contribution >= 4 is 0 Å². The van der Waals surface area contributed by atoms with Crippen molar-refractivity contribution in [3.63, 3.8) is 0 Å². The first-order chi connectivity index (χ1) is 8.83. The molecule has 0 heterocycles. The van der Waals surface area contributed by atoms with E-state index in [1.807, 2.05) is 0 Å². The molecule has 1 nitrogen and oxygen atoms in total. The van der Waals surface area contributed by atoms with E-state index in [-0.39, 0.29) is 0 Å². The van der Waals surface area contributed by atoms with Gasteiger partial charge in [0.15, 0.2) is 0 Å². The van der Waals surface area contributed by atoms with E-state index in [0.717, 1.165) is 29.7 Å². The lowest BCUT2D eigenvalue weighted by molar-refractivity contribution is 0.274. The Balaban J connectivity index is 1.42. The summed E-state index contributed by atoms with van der Waals surface area (Å²) in [5, 5.41) is 3.91. The quantitative estimate of drug-likeness (QED) is 0.729. The van der Waals surface area contributed by atoms with Crippen molar-refractivity contribution in [2.45, 2.75) is 77.2 Å². The van der Waals surface area contributed by atoms with Gasteiger partial charge in [-0.2, -0.15) is 0 Å². The molecule has 1 heteroatoms. The Morgan fingerprint density at radius 3 is 2.33 bits per heavy atom. The van der Waals surface area contributed by atoms with Crippen molar-refractivity contribution in [3.05, 3.63) is 0 Å². The van der Waals surface area contributed by atoms with Crippen molar-refractivity contribution in [3.8, 4) is 0 Å². The molecule has 0 radical (unpaired) electrons. The molecule has 0 aromatic carbocycles. The average molecular weight is 249 g/mol. The third kappa shape index (κ3) is 2.92. The normalized spacial score (nSPS) is 38.8. The second kappa shape index (κ2) is 5.94. The number of fused-ring (bicyclic) bond motifs is 2. The van der Waals surface area contributed by atoms with Gasteiger partial charge in [0.2, 0.25) is 0 Å². The van der Waals surface area contributed by atoms with Gasteiger partial charge in [-0.1, -0.05) is 32.1 Å². The minimum absolute atomic E-state index is 0.766. The Morgan fingerprint density at radius 1 is 0.944 bits per heavy atom. The smallest absolute Gasteiger partial charge is 0.00671 e. The Labute approximate surface area is 113 Å². The fourth-order valence-electron chi connectivity index (χ4n) is 4.94. The van der Waals surface area contributed by atoms with Crippen molar-refractivity contribution in [1.82, 2.24) is 5.32 Å². The third-order valence-electron chi connectivity index (χ3n) is 6.19. The molecule has 104 valence electrons. The van der Waals surface area contributed by atoms with Gasteiger partial charge in [0.05, 0.1) is 0 Å². The molecule has 3 aliphatic carbocycles. The van der Waals surface area contributed by atoms with Crippen LogP contribution in [-0.2, 0) is 0 Å². The summed E-state index contributed by atoms with van der Waals surface area (Å²) < 4.78 is 0.